The highest BCUT2D eigenvalue weighted by Gasteiger charge is 2.42. The third kappa shape index (κ3) is 3.12. The molecule has 0 unspecified atom stereocenters. The van der Waals surface area contributed by atoms with Crippen molar-refractivity contribution in [1.82, 2.24) is 10.2 Å². The summed E-state index contributed by atoms with van der Waals surface area (Å²) in [6.45, 7) is 10.2. The molecule has 2 heterocycles. The average Bonchev–Trinajstić information content (AvgIpc) is 2.42. The quantitative estimate of drug-likeness (QED) is 0.863. The smallest absolute Gasteiger partial charge is 0.0234 e. The second-order valence-corrected chi connectivity index (χ2v) is 5.38. The summed E-state index contributed by atoms with van der Waals surface area (Å²) in [5, 5.41) is 3.45. The summed E-state index contributed by atoms with van der Waals surface area (Å²) in [6, 6.07) is 10.8. The molecular weight excluding hydrogens is 220 g/mol. The van der Waals surface area contributed by atoms with Gasteiger partial charge < -0.3 is 5.32 Å². The number of nitrogens with one attached hydrogen (secondary N) is 1. The topological polar surface area (TPSA) is 15.3 Å². The van der Waals surface area contributed by atoms with Crippen molar-refractivity contribution >= 4 is 0 Å². The van der Waals surface area contributed by atoms with E-state index in [2.05, 4.69) is 40.5 Å². The van der Waals surface area contributed by atoms with Gasteiger partial charge in [-0.1, -0.05) is 44.2 Å². The first-order chi connectivity index (χ1) is 8.86. The maximum Gasteiger partial charge on any atom is 0.0234 e. The van der Waals surface area contributed by atoms with Crippen molar-refractivity contribution < 1.29 is 0 Å². The zero-order chi connectivity index (χ0) is 12.8. The number of benzene rings is 1. The summed E-state index contributed by atoms with van der Waals surface area (Å²) < 4.78 is 0. The van der Waals surface area contributed by atoms with Crippen LogP contribution in [-0.2, 0) is 6.54 Å². The largest absolute Gasteiger partial charge is 0.317 e. The Hall–Kier alpha value is -0.860. The summed E-state index contributed by atoms with van der Waals surface area (Å²) in [7, 11) is 0. The maximum atomic E-state index is 3.45. The molecule has 2 fully saturated rings. The molecule has 2 aliphatic heterocycles. The van der Waals surface area contributed by atoms with Crippen molar-refractivity contribution in [2.45, 2.75) is 33.2 Å². The molecule has 0 bridgehead atoms. The first kappa shape index (κ1) is 13.6. The molecule has 0 atom stereocenters. The molecule has 0 aromatic heterocycles. The Kier molecular flexibility index (Phi) is 4.79. The van der Waals surface area contributed by atoms with Crippen molar-refractivity contribution in [3.05, 3.63) is 35.9 Å². The Morgan fingerprint density at radius 2 is 1.67 bits per heavy atom. The van der Waals surface area contributed by atoms with Crippen molar-refractivity contribution in [3.63, 3.8) is 0 Å². The van der Waals surface area contributed by atoms with E-state index in [1.807, 2.05) is 13.8 Å². The molecule has 2 heteroatoms. The standard InChI is InChI=1S/C14H20N2.C2H6/c1-2-4-13(5-3-1)10-16-11-14(12-16)6-8-15-9-7-14;1-2/h1-5,15H,6-12H2;1-2H3. The minimum atomic E-state index is 0.667. The van der Waals surface area contributed by atoms with E-state index in [4.69, 9.17) is 0 Å². The molecule has 2 saturated heterocycles. The van der Waals surface area contributed by atoms with Gasteiger partial charge in [-0.3, -0.25) is 4.90 Å². The van der Waals surface area contributed by atoms with E-state index < -0.39 is 0 Å². The molecule has 3 rings (SSSR count). The fourth-order valence-electron chi connectivity index (χ4n) is 3.13. The lowest BCUT2D eigenvalue weighted by molar-refractivity contribution is -0.0282. The van der Waals surface area contributed by atoms with Gasteiger partial charge in [-0.25, -0.2) is 0 Å². The molecule has 1 aromatic carbocycles. The molecule has 2 nitrogen and oxygen atoms in total. The monoisotopic (exact) mass is 246 g/mol. The van der Waals surface area contributed by atoms with Crippen molar-refractivity contribution in [2.24, 2.45) is 5.41 Å². The SMILES string of the molecule is CC.c1ccc(CN2CC3(CCNCC3)C2)cc1. The predicted octanol–water partition coefficient (Wildman–Crippen LogP) is 2.90. The van der Waals surface area contributed by atoms with Crippen LogP contribution >= 0.6 is 0 Å². The van der Waals surface area contributed by atoms with E-state index in [0.717, 1.165) is 6.54 Å². The Morgan fingerprint density at radius 3 is 2.28 bits per heavy atom. The lowest BCUT2D eigenvalue weighted by atomic mass is 9.72. The lowest BCUT2D eigenvalue weighted by Gasteiger charge is -2.52. The number of likely N-dealkylation sites (tertiary alicyclic amines) is 1. The van der Waals surface area contributed by atoms with Crippen molar-refractivity contribution in [3.8, 4) is 0 Å². The van der Waals surface area contributed by atoms with Crippen LogP contribution < -0.4 is 5.32 Å². The van der Waals surface area contributed by atoms with Gasteiger partial charge in [0.25, 0.3) is 0 Å². The second kappa shape index (κ2) is 6.35. The van der Waals surface area contributed by atoms with Crippen LogP contribution in [0.15, 0.2) is 30.3 Å². The summed E-state index contributed by atoms with van der Waals surface area (Å²) in [5.41, 5.74) is 2.12. The molecule has 1 aromatic rings. The molecule has 1 N–H and O–H groups in total. The summed E-state index contributed by atoms with van der Waals surface area (Å²) in [6.07, 6.45) is 2.75. The van der Waals surface area contributed by atoms with Crippen LogP contribution in [0.3, 0.4) is 0 Å². The van der Waals surface area contributed by atoms with Gasteiger partial charge in [0.15, 0.2) is 0 Å². The molecule has 0 saturated carbocycles. The Labute approximate surface area is 111 Å². The Bertz CT molecular complexity index is 333. The van der Waals surface area contributed by atoms with Crippen molar-refractivity contribution in [1.29, 1.82) is 0 Å². The molecule has 18 heavy (non-hydrogen) atoms. The first-order valence-electron chi connectivity index (χ1n) is 7.33. The third-order valence-electron chi connectivity index (χ3n) is 4.03. The average molecular weight is 246 g/mol. The molecular formula is C16H26N2. The minimum absolute atomic E-state index is 0.667. The van der Waals surface area contributed by atoms with E-state index in [-0.39, 0.29) is 0 Å². The van der Waals surface area contributed by atoms with E-state index in [1.54, 1.807) is 0 Å². The molecule has 100 valence electrons. The zero-order valence-electron chi connectivity index (χ0n) is 11.8. The van der Waals surface area contributed by atoms with Crippen LogP contribution in [0, 0.1) is 5.41 Å². The predicted molar refractivity (Wildman–Crippen MR) is 77.6 cm³/mol. The van der Waals surface area contributed by atoms with Gasteiger partial charge in [0, 0.05) is 19.6 Å². The Morgan fingerprint density at radius 1 is 1.06 bits per heavy atom. The number of nitrogens with zero attached hydrogens (tertiary/aromatic N) is 1. The Balaban J connectivity index is 0.000000574. The van der Waals surface area contributed by atoms with E-state index in [9.17, 15) is 0 Å². The second-order valence-electron chi connectivity index (χ2n) is 5.38. The van der Waals surface area contributed by atoms with E-state index in [1.165, 1.54) is 44.6 Å². The zero-order valence-corrected chi connectivity index (χ0v) is 11.8. The van der Waals surface area contributed by atoms with E-state index in [0.29, 0.717) is 5.41 Å². The summed E-state index contributed by atoms with van der Waals surface area (Å²) >= 11 is 0. The number of hydrogen-bond acceptors (Lipinski definition) is 2. The van der Waals surface area contributed by atoms with Crippen LogP contribution in [0.2, 0.25) is 0 Å². The molecule has 2 aliphatic rings. The highest BCUT2D eigenvalue weighted by Crippen LogP contribution is 2.39. The van der Waals surface area contributed by atoms with Gasteiger partial charge in [0.05, 0.1) is 0 Å². The summed E-state index contributed by atoms with van der Waals surface area (Å²) in [4.78, 5) is 2.58. The minimum Gasteiger partial charge on any atom is -0.317 e. The van der Waals surface area contributed by atoms with Crippen LogP contribution in [0.4, 0.5) is 0 Å². The number of piperidine rings is 1. The van der Waals surface area contributed by atoms with Gasteiger partial charge >= 0.3 is 0 Å². The normalized spacial score (nSPS) is 21.9. The highest BCUT2D eigenvalue weighted by atomic mass is 15.2. The molecule has 1 spiro atoms. The molecule has 0 radical (unpaired) electrons. The van der Waals surface area contributed by atoms with Gasteiger partial charge in [-0.15, -0.1) is 0 Å². The van der Waals surface area contributed by atoms with Crippen LogP contribution in [0.25, 0.3) is 0 Å². The highest BCUT2D eigenvalue weighted by molar-refractivity contribution is 5.15. The van der Waals surface area contributed by atoms with Crippen LogP contribution in [-0.4, -0.2) is 31.1 Å². The number of rotatable bonds is 2. The molecule has 0 aliphatic carbocycles. The van der Waals surface area contributed by atoms with Gasteiger partial charge in [-0.05, 0) is 36.9 Å². The fourth-order valence-corrected chi connectivity index (χ4v) is 3.13. The van der Waals surface area contributed by atoms with Crippen molar-refractivity contribution in [2.75, 3.05) is 26.2 Å². The van der Waals surface area contributed by atoms with Gasteiger partial charge in [0.1, 0.15) is 0 Å². The van der Waals surface area contributed by atoms with Crippen LogP contribution in [0.5, 0.6) is 0 Å². The summed E-state index contributed by atoms with van der Waals surface area (Å²) in [5.74, 6) is 0. The third-order valence-corrected chi connectivity index (χ3v) is 4.03. The van der Waals surface area contributed by atoms with Gasteiger partial charge in [0.2, 0.25) is 0 Å². The molecule has 0 amide bonds. The maximum absolute atomic E-state index is 3.45. The first-order valence-corrected chi connectivity index (χ1v) is 7.33. The van der Waals surface area contributed by atoms with Gasteiger partial charge in [-0.2, -0.15) is 0 Å². The van der Waals surface area contributed by atoms with Crippen LogP contribution in [0.1, 0.15) is 32.3 Å². The lowest BCUT2D eigenvalue weighted by Crippen LogP contribution is -2.59. The number of hydrogen-bond donors (Lipinski definition) is 1. The van der Waals surface area contributed by atoms with E-state index >= 15 is 0 Å². The fraction of sp³-hybridized carbons (Fsp3) is 0.625.